The summed E-state index contributed by atoms with van der Waals surface area (Å²) in [6.07, 6.45) is 3.62. The van der Waals surface area contributed by atoms with Crippen molar-refractivity contribution in [1.29, 1.82) is 0 Å². The van der Waals surface area contributed by atoms with E-state index in [9.17, 15) is 9.59 Å². The van der Waals surface area contributed by atoms with Gasteiger partial charge in [-0.1, -0.05) is 35.3 Å². The van der Waals surface area contributed by atoms with Crippen molar-refractivity contribution in [1.82, 2.24) is 9.97 Å². The number of nitrogens with one attached hydrogen (secondary N) is 2. The first-order valence-electron chi connectivity index (χ1n) is 6.90. The fraction of sp³-hybridized carbons (Fsp3) is 0.0625. The number of rotatable bonds is 4. The van der Waals surface area contributed by atoms with Gasteiger partial charge in [0.1, 0.15) is 0 Å². The molecule has 0 aliphatic heterocycles. The van der Waals surface area contributed by atoms with E-state index in [1.165, 1.54) is 29.7 Å². The Hall–Kier alpha value is -2.15. The minimum atomic E-state index is -0.340. The van der Waals surface area contributed by atoms with Gasteiger partial charge in [-0.05, 0) is 17.7 Å². The Morgan fingerprint density at radius 2 is 2.08 bits per heavy atom. The number of benzene rings is 1. The summed E-state index contributed by atoms with van der Waals surface area (Å²) in [6, 6.07) is 8.21. The largest absolute Gasteiger partial charge is 0.328 e. The van der Waals surface area contributed by atoms with Crippen molar-refractivity contribution in [2.45, 2.75) is 6.42 Å². The first-order chi connectivity index (χ1) is 11.5. The fourth-order valence-corrected chi connectivity index (χ4v) is 3.26. The number of halogens is 2. The summed E-state index contributed by atoms with van der Waals surface area (Å²) in [7, 11) is 0. The molecular formula is C16H11Cl2N3O2S. The van der Waals surface area contributed by atoms with Crippen molar-refractivity contribution in [3.63, 3.8) is 0 Å². The second-order valence-corrected chi connectivity index (χ2v) is 6.82. The molecular weight excluding hydrogens is 369 g/mol. The fourth-order valence-electron chi connectivity index (χ4n) is 2.04. The first kappa shape index (κ1) is 16.7. The molecule has 0 spiro atoms. The third-order valence-electron chi connectivity index (χ3n) is 3.22. The Labute approximate surface area is 151 Å². The zero-order chi connectivity index (χ0) is 17.1. The van der Waals surface area contributed by atoms with E-state index >= 15 is 0 Å². The molecule has 5 nitrogen and oxygen atoms in total. The van der Waals surface area contributed by atoms with E-state index in [1.807, 2.05) is 12.1 Å². The van der Waals surface area contributed by atoms with E-state index in [0.717, 1.165) is 10.4 Å². The molecule has 0 unspecified atom stereocenters. The third kappa shape index (κ3) is 3.84. The van der Waals surface area contributed by atoms with Gasteiger partial charge in [0.05, 0.1) is 15.6 Å². The molecule has 2 aromatic heterocycles. The SMILES string of the molecule is O=C(Nc1ncc(Cc2cccc(Cl)c2Cl)s1)c1ccc(=O)[nH]c1. The number of aromatic nitrogens is 2. The second kappa shape index (κ2) is 7.17. The minimum Gasteiger partial charge on any atom is -0.328 e. The Balaban J connectivity index is 1.71. The van der Waals surface area contributed by atoms with Crippen molar-refractivity contribution in [2.75, 3.05) is 5.32 Å². The van der Waals surface area contributed by atoms with Crippen LogP contribution in [0.2, 0.25) is 10.0 Å². The van der Waals surface area contributed by atoms with Gasteiger partial charge in [0.25, 0.3) is 5.91 Å². The topological polar surface area (TPSA) is 74.8 Å². The molecule has 0 saturated heterocycles. The molecule has 8 heteroatoms. The molecule has 3 rings (SSSR count). The predicted molar refractivity (Wildman–Crippen MR) is 96.4 cm³/mol. The van der Waals surface area contributed by atoms with Gasteiger partial charge in [-0.2, -0.15) is 0 Å². The summed E-state index contributed by atoms with van der Waals surface area (Å²) >= 11 is 13.5. The maximum atomic E-state index is 12.1. The van der Waals surface area contributed by atoms with Crippen molar-refractivity contribution in [3.8, 4) is 0 Å². The first-order valence-corrected chi connectivity index (χ1v) is 8.48. The van der Waals surface area contributed by atoms with Crippen molar-refractivity contribution in [2.24, 2.45) is 0 Å². The number of thiazole rings is 1. The van der Waals surface area contributed by atoms with Gasteiger partial charge in [0, 0.05) is 29.8 Å². The van der Waals surface area contributed by atoms with Gasteiger partial charge in [-0.3, -0.25) is 14.9 Å². The normalized spacial score (nSPS) is 10.6. The third-order valence-corrected chi connectivity index (χ3v) is 4.99. The molecule has 0 bridgehead atoms. The van der Waals surface area contributed by atoms with E-state index in [2.05, 4.69) is 15.3 Å². The number of carbonyl (C=O) groups is 1. The number of nitrogens with zero attached hydrogens (tertiary/aromatic N) is 1. The molecule has 24 heavy (non-hydrogen) atoms. The van der Waals surface area contributed by atoms with Crippen LogP contribution in [0.4, 0.5) is 5.13 Å². The number of carbonyl (C=O) groups excluding carboxylic acids is 1. The Morgan fingerprint density at radius 3 is 2.83 bits per heavy atom. The monoisotopic (exact) mass is 379 g/mol. The van der Waals surface area contributed by atoms with Crippen LogP contribution in [0.25, 0.3) is 0 Å². The van der Waals surface area contributed by atoms with E-state index in [4.69, 9.17) is 23.2 Å². The van der Waals surface area contributed by atoms with Crippen LogP contribution in [-0.4, -0.2) is 15.9 Å². The lowest BCUT2D eigenvalue weighted by molar-refractivity contribution is 0.102. The smallest absolute Gasteiger partial charge is 0.258 e. The van der Waals surface area contributed by atoms with Crippen LogP contribution in [0.5, 0.6) is 0 Å². The maximum Gasteiger partial charge on any atom is 0.258 e. The zero-order valence-corrected chi connectivity index (χ0v) is 14.5. The highest BCUT2D eigenvalue weighted by Crippen LogP contribution is 2.29. The van der Waals surface area contributed by atoms with Gasteiger partial charge in [-0.25, -0.2) is 4.98 Å². The second-order valence-electron chi connectivity index (χ2n) is 4.92. The molecule has 2 heterocycles. The summed E-state index contributed by atoms with van der Waals surface area (Å²) in [4.78, 5) is 30.7. The number of hydrogen-bond donors (Lipinski definition) is 2. The van der Waals surface area contributed by atoms with Crippen LogP contribution < -0.4 is 10.9 Å². The number of anilines is 1. The van der Waals surface area contributed by atoms with E-state index < -0.39 is 0 Å². The Morgan fingerprint density at radius 1 is 1.25 bits per heavy atom. The van der Waals surface area contributed by atoms with E-state index in [-0.39, 0.29) is 11.5 Å². The minimum absolute atomic E-state index is 0.263. The van der Waals surface area contributed by atoms with Crippen molar-refractivity contribution in [3.05, 3.63) is 79.1 Å². The standard InChI is InChI=1S/C16H11Cl2N3O2S/c17-12-3-1-2-9(14(12)18)6-11-8-20-16(24-11)21-15(23)10-4-5-13(22)19-7-10/h1-5,7-8H,6H2,(H,19,22)(H,20,21,23). The Bertz CT molecular complexity index is 932. The number of H-pyrrole nitrogens is 1. The van der Waals surface area contributed by atoms with Crippen LogP contribution >= 0.6 is 34.5 Å². The highest BCUT2D eigenvalue weighted by molar-refractivity contribution is 7.15. The number of amides is 1. The molecule has 0 atom stereocenters. The Kier molecular flexibility index (Phi) is 4.99. The van der Waals surface area contributed by atoms with Gasteiger partial charge in [0.15, 0.2) is 5.13 Å². The van der Waals surface area contributed by atoms with Gasteiger partial charge >= 0.3 is 0 Å². The van der Waals surface area contributed by atoms with Gasteiger partial charge < -0.3 is 4.98 Å². The summed E-state index contributed by atoms with van der Waals surface area (Å²) in [5.74, 6) is -0.340. The average molecular weight is 380 g/mol. The number of hydrogen-bond acceptors (Lipinski definition) is 4. The lowest BCUT2D eigenvalue weighted by atomic mass is 10.1. The van der Waals surface area contributed by atoms with Crippen LogP contribution in [-0.2, 0) is 6.42 Å². The molecule has 1 amide bonds. The lowest BCUT2D eigenvalue weighted by Gasteiger charge is -2.03. The van der Waals surface area contributed by atoms with Gasteiger partial charge in [0.2, 0.25) is 5.56 Å². The highest BCUT2D eigenvalue weighted by atomic mass is 35.5. The average Bonchev–Trinajstić information content (AvgIpc) is 2.99. The lowest BCUT2D eigenvalue weighted by Crippen LogP contribution is -2.14. The molecule has 2 N–H and O–H groups in total. The van der Waals surface area contributed by atoms with Crippen LogP contribution in [0.3, 0.4) is 0 Å². The number of pyridine rings is 1. The molecule has 1 aromatic carbocycles. The van der Waals surface area contributed by atoms with Crippen LogP contribution in [0.1, 0.15) is 20.8 Å². The van der Waals surface area contributed by atoms with Crippen molar-refractivity contribution < 1.29 is 4.79 Å². The van der Waals surface area contributed by atoms with E-state index in [1.54, 1.807) is 12.3 Å². The molecule has 0 aliphatic carbocycles. The molecule has 0 fully saturated rings. The van der Waals surface area contributed by atoms with Crippen molar-refractivity contribution >= 4 is 45.6 Å². The summed E-state index contributed by atoms with van der Waals surface area (Å²) in [5, 5.41) is 4.19. The highest BCUT2D eigenvalue weighted by Gasteiger charge is 2.11. The molecule has 0 radical (unpaired) electrons. The summed E-state index contributed by atoms with van der Waals surface area (Å²) < 4.78 is 0. The number of aromatic amines is 1. The molecule has 0 aliphatic rings. The summed E-state index contributed by atoms with van der Waals surface area (Å²) in [5.41, 5.74) is 0.983. The quantitative estimate of drug-likeness (QED) is 0.719. The maximum absolute atomic E-state index is 12.1. The predicted octanol–water partition coefficient (Wildman–Crippen LogP) is 3.98. The van der Waals surface area contributed by atoms with Gasteiger partial charge in [-0.15, -0.1) is 11.3 Å². The molecule has 0 saturated carbocycles. The van der Waals surface area contributed by atoms with Crippen LogP contribution in [0, 0.1) is 0 Å². The van der Waals surface area contributed by atoms with Crippen LogP contribution in [0.15, 0.2) is 47.5 Å². The van der Waals surface area contributed by atoms with E-state index in [0.29, 0.717) is 27.2 Å². The molecule has 3 aromatic rings. The molecule has 122 valence electrons. The zero-order valence-electron chi connectivity index (χ0n) is 12.2. The summed E-state index contributed by atoms with van der Waals surface area (Å²) in [6.45, 7) is 0.